The molecule has 0 unspecified atom stereocenters. The fraction of sp³-hybridized carbons (Fsp3) is 0. The van der Waals surface area contributed by atoms with Crippen LogP contribution in [0.3, 0.4) is 0 Å². The van der Waals surface area contributed by atoms with E-state index in [-0.39, 0.29) is 192 Å². The van der Waals surface area contributed by atoms with E-state index in [0.29, 0.717) is 0 Å². The molecule has 0 saturated carbocycles. The van der Waals surface area contributed by atoms with Gasteiger partial charge in [-0.05, 0) is 0 Å². The first-order chi connectivity index (χ1) is 0. The van der Waals surface area contributed by atoms with Gasteiger partial charge in [0.25, 0.3) is 0 Å². The first-order valence-electron chi connectivity index (χ1n) is 0. The minimum Gasteiger partial charge on any atom is 0 e. The van der Waals surface area contributed by atoms with Crippen LogP contribution in [0.15, 0.2) is 0 Å². The molecule has 0 fully saturated rings. The third kappa shape index (κ3) is 10.8. The van der Waals surface area contributed by atoms with E-state index in [1.807, 2.05) is 0 Å². The monoisotopic (exact) mass is 282 g/mol. The van der Waals surface area contributed by atoms with Crippen LogP contribution in [0.4, 0.5) is 0 Å². The van der Waals surface area contributed by atoms with Crippen molar-refractivity contribution in [1.29, 1.82) is 0 Å². The van der Waals surface area contributed by atoms with Crippen LogP contribution < -0.4 is 0 Å². The number of hydrogen-bond acceptors (Lipinski definition) is 0. The predicted molar refractivity (Wildman–Crippen MR) is 23.0 cm³/mol. The molecule has 0 nitrogen and oxygen atoms in total. The van der Waals surface area contributed by atoms with Crippen LogP contribution in [0, 0.1) is 0 Å². The van der Waals surface area contributed by atoms with Crippen LogP contribution in [-0.4, -0.2) is 192 Å². The molecule has 0 rings (SSSR count). The quantitative estimate of drug-likeness (QED) is 0.474. The SMILES string of the molecule is [Al].[Rb].[Rb].[Rb]. The van der Waals surface area contributed by atoms with Gasteiger partial charge in [0, 0.05) is 192 Å². The molecule has 0 heterocycles. The molecular weight excluding hydrogens is 283 g/mol. The summed E-state index contributed by atoms with van der Waals surface area (Å²) in [5.41, 5.74) is 0. The first-order valence-corrected chi connectivity index (χ1v) is 0. The molecule has 4 heavy (non-hydrogen) atoms. The van der Waals surface area contributed by atoms with E-state index in [1.54, 1.807) is 0 Å². The maximum atomic E-state index is 0. The molecule has 0 aromatic rings. The van der Waals surface area contributed by atoms with Crippen molar-refractivity contribution >= 4 is 192 Å². The Bertz CT molecular complexity index is 3.25. The zero-order chi connectivity index (χ0) is 0. The Morgan fingerprint density at radius 1 is 0.500 bits per heavy atom. The zero-order valence-corrected chi connectivity index (χ0v) is 19.5. The second-order valence-corrected chi connectivity index (χ2v) is 0. The van der Waals surface area contributed by atoms with E-state index in [1.165, 1.54) is 0 Å². The van der Waals surface area contributed by atoms with E-state index in [2.05, 4.69) is 0 Å². The molecule has 0 aliphatic carbocycles. The van der Waals surface area contributed by atoms with Gasteiger partial charge in [-0.1, -0.05) is 0 Å². The maximum Gasteiger partial charge on any atom is 0 e. The standard InChI is InChI=1S/Al.3Rb. The van der Waals surface area contributed by atoms with E-state index in [0.717, 1.165) is 0 Å². The Balaban J connectivity index is 0. The summed E-state index contributed by atoms with van der Waals surface area (Å²) in [6, 6.07) is 0. The summed E-state index contributed by atoms with van der Waals surface area (Å²) in [6.45, 7) is 0. The van der Waals surface area contributed by atoms with E-state index < -0.39 is 0 Å². The second-order valence-electron chi connectivity index (χ2n) is 0. The van der Waals surface area contributed by atoms with E-state index >= 15 is 0 Å². The van der Waals surface area contributed by atoms with Crippen molar-refractivity contribution in [1.82, 2.24) is 0 Å². The van der Waals surface area contributed by atoms with Gasteiger partial charge in [0.2, 0.25) is 0 Å². The minimum absolute atomic E-state index is 0. The average Bonchev–Trinajstić information content (AvgIpc) is 0. The topological polar surface area (TPSA) is 0 Å². The summed E-state index contributed by atoms with van der Waals surface area (Å²) in [5, 5.41) is 0. The van der Waals surface area contributed by atoms with Crippen molar-refractivity contribution in [2.45, 2.75) is 0 Å². The minimum atomic E-state index is 0. The third-order valence-corrected chi connectivity index (χ3v) is 0. The van der Waals surface area contributed by atoms with Crippen molar-refractivity contribution in [3.05, 3.63) is 0 Å². The molecule has 0 aromatic carbocycles. The normalized spacial score (nSPS) is 0. The summed E-state index contributed by atoms with van der Waals surface area (Å²) >= 11 is 0. The van der Waals surface area contributed by atoms with E-state index in [9.17, 15) is 0 Å². The molecular formula is AlRb3. The smallest absolute Gasteiger partial charge is 0 e. The molecule has 0 atom stereocenters. The van der Waals surface area contributed by atoms with E-state index in [4.69, 9.17) is 0 Å². The number of hydrogen-bond donors (Lipinski definition) is 0. The van der Waals surface area contributed by atoms with Gasteiger partial charge in [0.15, 0.2) is 0 Å². The fourth-order valence-corrected chi connectivity index (χ4v) is 0. The number of rotatable bonds is 0. The molecule has 0 aliphatic heterocycles. The Hall–Kier alpha value is 5.95. The van der Waals surface area contributed by atoms with Gasteiger partial charge in [-0.2, -0.15) is 0 Å². The summed E-state index contributed by atoms with van der Waals surface area (Å²) in [6.07, 6.45) is 0. The van der Waals surface area contributed by atoms with Crippen molar-refractivity contribution < 1.29 is 0 Å². The van der Waals surface area contributed by atoms with Gasteiger partial charge in [-0.3, -0.25) is 0 Å². The molecule has 0 amide bonds. The Morgan fingerprint density at radius 3 is 0.500 bits per heavy atom. The molecule has 6 valence electrons. The van der Waals surface area contributed by atoms with Gasteiger partial charge in [0.1, 0.15) is 0 Å². The molecule has 0 saturated heterocycles. The van der Waals surface area contributed by atoms with Crippen LogP contribution in [0.5, 0.6) is 0 Å². The van der Waals surface area contributed by atoms with Crippen LogP contribution in [-0.2, 0) is 0 Å². The third-order valence-electron chi connectivity index (χ3n) is 0. The predicted octanol–water partition coefficient (Wildman–Crippen LogP) is -1.52. The van der Waals surface area contributed by atoms with Crippen LogP contribution in [0.1, 0.15) is 0 Å². The van der Waals surface area contributed by atoms with Gasteiger partial charge in [0.05, 0.1) is 0 Å². The molecule has 0 bridgehead atoms. The Labute approximate surface area is 184 Å². The van der Waals surface area contributed by atoms with Crippen molar-refractivity contribution in [2.24, 2.45) is 0 Å². The van der Waals surface area contributed by atoms with Crippen molar-refractivity contribution in [3.8, 4) is 0 Å². The van der Waals surface area contributed by atoms with Crippen LogP contribution in [0.25, 0.3) is 0 Å². The van der Waals surface area contributed by atoms with Gasteiger partial charge < -0.3 is 0 Å². The largest absolute Gasteiger partial charge is 0 e. The Kier molecular flexibility index (Phi) is 89.9. The molecule has 0 aromatic heterocycles. The fourth-order valence-electron chi connectivity index (χ4n) is 0. The summed E-state index contributed by atoms with van der Waals surface area (Å²) in [4.78, 5) is 0. The van der Waals surface area contributed by atoms with Crippen molar-refractivity contribution in [2.75, 3.05) is 0 Å². The zero-order valence-electron chi connectivity index (χ0n) is 3.58. The van der Waals surface area contributed by atoms with Gasteiger partial charge in [-0.15, -0.1) is 0 Å². The summed E-state index contributed by atoms with van der Waals surface area (Å²) in [7, 11) is 0. The van der Waals surface area contributed by atoms with Crippen LogP contribution >= 0.6 is 0 Å². The average molecular weight is 283 g/mol. The molecule has 6 radical (unpaired) electrons. The van der Waals surface area contributed by atoms with Crippen LogP contribution in [0.2, 0.25) is 0 Å². The summed E-state index contributed by atoms with van der Waals surface area (Å²) < 4.78 is 0. The summed E-state index contributed by atoms with van der Waals surface area (Å²) in [5.74, 6) is 0. The molecule has 4 heteroatoms. The molecule has 0 aliphatic rings. The van der Waals surface area contributed by atoms with Gasteiger partial charge in [-0.25, -0.2) is 0 Å². The van der Waals surface area contributed by atoms with Gasteiger partial charge >= 0.3 is 0 Å². The Morgan fingerprint density at radius 2 is 0.500 bits per heavy atom. The second kappa shape index (κ2) is 16.0. The first kappa shape index (κ1) is 22.5. The molecule has 0 N–H and O–H groups in total. The maximum absolute atomic E-state index is 0. The molecule has 0 spiro atoms. The van der Waals surface area contributed by atoms with Crippen molar-refractivity contribution in [3.63, 3.8) is 0 Å².